The quantitative estimate of drug-likeness (QED) is 0.453. The Morgan fingerprint density at radius 3 is 2.63 bits per heavy atom. The number of hydrogen-bond donors (Lipinski definition) is 0. The van der Waals surface area contributed by atoms with Crippen molar-refractivity contribution in [3.8, 4) is 5.69 Å². The average Bonchev–Trinajstić information content (AvgIpc) is 3.04. The second-order valence-electron chi connectivity index (χ2n) is 6.25. The number of hydrogen-bond acceptors (Lipinski definition) is 5. The summed E-state index contributed by atoms with van der Waals surface area (Å²) >= 11 is 1.37. The maximum atomic E-state index is 12.0. The van der Waals surface area contributed by atoms with E-state index < -0.39 is 0 Å². The maximum Gasteiger partial charge on any atom is 0.319 e. The van der Waals surface area contributed by atoms with Gasteiger partial charge in [-0.15, -0.1) is 10.2 Å². The van der Waals surface area contributed by atoms with Crippen molar-refractivity contribution < 1.29 is 9.53 Å². The van der Waals surface area contributed by atoms with Crippen LogP contribution >= 0.6 is 11.8 Å². The van der Waals surface area contributed by atoms with Gasteiger partial charge in [0.15, 0.2) is 5.16 Å². The molecular weight excluding hydrogens is 358 g/mol. The van der Waals surface area contributed by atoms with Crippen LogP contribution in [0.3, 0.4) is 0 Å². The molecule has 0 aliphatic rings. The summed E-state index contributed by atoms with van der Waals surface area (Å²) in [4.78, 5) is 12.0. The second-order valence-corrected chi connectivity index (χ2v) is 7.56. The van der Waals surface area contributed by atoms with E-state index in [2.05, 4.69) is 41.4 Å². The Kier molecular flexibility index (Phi) is 6.29. The van der Waals surface area contributed by atoms with E-state index in [1.165, 1.54) is 11.8 Å². The second kappa shape index (κ2) is 8.86. The van der Waals surface area contributed by atoms with E-state index in [0.717, 1.165) is 22.6 Å². The average molecular weight is 382 g/mol. The predicted octanol–water partition coefficient (Wildman–Crippen LogP) is 4.21. The molecule has 3 aromatic rings. The van der Waals surface area contributed by atoms with Gasteiger partial charge in [-0.25, -0.2) is 0 Å². The molecule has 0 N–H and O–H groups in total. The van der Waals surface area contributed by atoms with Crippen LogP contribution in [0, 0.1) is 6.92 Å². The Morgan fingerprint density at radius 2 is 1.93 bits per heavy atom. The van der Waals surface area contributed by atoms with Crippen molar-refractivity contribution in [2.75, 3.05) is 6.61 Å². The molecule has 0 aliphatic heterocycles. The van der Waals surface area contributed by atoms with Gasteiger partial charge in [0.1, 0.15) is 11.1 Å². The van der Waals surface area contributed by atoms with Gasteiger partial charge >= 0.3 is 5.97 Å². The van der Waals surface area contributed by atoms with Gasteiger partial charge in [-0.3, -0.25) is 9.36 Å². The van der Waals surface area contributed by atoms with Crippen LogP contribution in [-0.2, 0) is 16.0 Å². The number of aromatic nitrogens is 3. The van der Waals surface area contributed by atoms with Crippen LogP contribution in [0.5, 0.6) is 0 Å². The molecule has 3 rings (SSSR count). The molecular formula is C21H23N3O2S. The molecule has 0 saturated heterocycles. The SMILES string of the molecule is CCOC(=O)[C@H](C)Sc1nnc(Cc2ccccc2)n1-c1cccc(C)c1. The summed E-state index contributed by atoms with van der Waals surface area (Å²) in [5, 5.41) is 9.11. The van der Waals surface area contributed by atoms with Gasteiger partial charge in [0, 0.05) is 12.1 Å². The van der Waals surface area contributed by atoms with Crippen LogP contribution in [0.1, 0.15) is 30.8 Å². The molecule has 0 bridgehead atoms. The van der Waals surface area contributed by atoms with Crippen molar-refractivity contribution in [1.82, 2.24) is 14.8 Å². The topological polar surface area (TPSA) is 57.0 Å². The van der Waals surface area contributed by atoms with E-state index in [1.54, 1.807) is 0 Å². The summed E-state index contributed by atoms with van der Waals surface area (Å²) in [5.41, 5.74) is 3.31. The number of benzene rings is 2. The minimum Gasteiger partial charge on any atom is -0.465 e. The van der Waals surface area contributed by atoms with Gasteiger partial charge in [0.2, 0.25) is 0 Å². The van der Waals surface area contributed by atoms with Gasteiger partial charge < -0.3 is 4.74 Å². The van der Waals surface area contributed by atoms with E-state index >= 15 is 0 Å². The Labute approximate surface area is 163 Å². The van der Waals surface area contributed by atoms with Crippen molar-refractivity contribution in [3.05, 3.63) is 71.5 Å². The largest absolute Gasteiger partial charge is 0.465 e. The Hall–Kier alpha value is -2.60. The summed E-state index contributed by atoms with van der Waals surface area (Å²) in [6, 6.07) is 18.4. The fourth-order valence-electron chi connectivity index (χ4n) is 2.76. The summed E-state index contributed by atoms with van der Waals surface area (Å²) < 4.78 is 7.15. The van der Waals surface area contributed by atoms with Gasteiger partial charge in [0.25, 0.3) is 0 Å². The lowest BCUT2D eigenvalue weighted by atomic mass is 10.1. The van der Waals surface area contributed by atoms with Crippen molar-refractivity contribution in [2.24, 2.45) is 0 Å². The lowest BCUT2D eigenvalue weighted by Gasteiger charge is -2.13. The molecule has 1 aromatic heterocycles. The molecule has 0 spiro atoms. The third kappa shape index (κ3) is 4.77. The molecule has 5 nitrogen and oxygen atoms in total. The van der Waals surface area contributed by atoms with Crippen molar-refractivity contribution >= 4 is 17.7 Å². The number of rotatable bonds is 7. The van der Waals surface area contributed by atoms with E-state index in [0.29, 0.717) is 18.2 Å². The molecule has 0 fully saturated rings. The van der Waals surface area contributed by atoms with Gasteiger partial charge in [0.05, 0.1) is 6.61 Å². The molecule has 0 radical (unpaired) electrons. The molecule has 140 valence electrons. The third-order valence-electron chi connectivity index (χ3n) is 4.07. The van der Waals surface area contributed by atoms with Crippen molar-refractivity contribution in [2.45, 2.75) is 37.6 Å². The number of aryl methyl sites for hydroxylation is 1. The number of thioether (sulfide) groups is 1. The molecule has 0 aliphatic carbocycles. The summed E-state index contributed by atoms with van der Waals surface area (Å²) in [7, 11) is 0. The highest BCUT2D eigenvalue weighted by molar-refractivity contribution is 8.00. The van der Waals surface area contributed by atoms with E-state index in [-0.39, 0.29) is 11.2 Å². The minimum atomic E-state index is -0.359. The van der Waals surface area contributed by atoms with Gasteiger partial charge in [-0.05, 0) is 44.0 Å². The van der Waals surface area contributed by atoms with Gasteiger partial charge in [-0.1, -0.05) is 54.2 Å². The van der Waals surface area contributed by atoms with Crippen LogP contribution in [0.4, 0.5) is 0 Å². The standard InChI is InChI=1S/C21H23N3O2S/c1-4-26-20(25)16(3)27-21-23-22-19(14-17-10-6-5-7-11-17)24(21)18-12-8-9-15(2)13-18/h5-13,16H,4,14H2,1-3H3/t16-/m0/s1. The zero-order valence-corrected chi connectivity index (χ0v) is 16.6. The Morgan fingerprint density at radius 1 is 1.15 bits per heavy atom. The number of esters is 1. The molecule has 2 aromatic carbocycles. The summed E-state index contributed by atoms with van der Waals surface area (Å²) in [5.74, 6) is 0.594. The van der Waals surface area contributed by atoms with E-state index in [9.17, 15) is 4.79 Å². The van der Waals surface area contributed by atoms with Crippen molar-refractivity contribution in [1.29, 1.82) is 0 Å². The first-order chi connectivity index (χ1) is 13.1. The van der Waals surface area contributed by atoms with Gasteiger partial charge in [-0.2, -0.15) is 0 Å². The first-order valence-electron chi connectivity index (χ1n) is 8.97. The smallest absolute Gasteiger partial charge is 0.319 e. The molecule has 27 heavy (non-hydrogen) atoms. The highest BCUT2D eigenvalue weighted by atomic mass is 32.2. The molecule has 0 amide bonds. The maximum absolute atomic E-state index is 12.0. The Bertz CT molecular complexity index is 909. The number of carbonyl (C=O) groups excluding carboxylic acids is 1. The monoisotopic (exact) mass is 381 g/mol. The normalized spacial score (nSPS) is 12.0. The molecule has 1 atom stereocenters. The highest BCUT2D eigenvalue weighted by Gasteiger charge is 2.22. The van der Waals surface area contributed by atoms with Crippen LogP contribution < -0.4 is 0 Å². The molecule has 0 unspecified atom stereocenters. The third-order valence-corrected chi connectivity index (χ3v) is 5.09. The number of nitrogens with zero attached hydrogens (tertiary/aromatic N) is 3. The number of ether oxygens (including phenoxy) is 1. The van der Waals surface area contributed by atoms with Crippen LogP contribution in [0.25, 0.3) is 5.69 Å². The number of carbonyl (C=O) groups is 1. The van der Waals surface area contributed by atoms with Crippen LogP contribution in [-0.4, -0.2) is 32.6 Å². The van der Waals surface area contributed by atoms with E-state index in [1.807, 2.05) is 48.7 Å². The van der Waals surface area contributed by atoms with Crippen LogP contribution in [0.2, 0.25) is 0 Å². The lowest BCUT2D eigenvalue weighted by Crippen LogP contribution is -2.17. The first kappa shape index (κ1) is 19.2. The molecule has 1 heterocycles. The first-order valence-corrected chi connectivity index (χ1v) is 9.85. The Balaban J connectivity index is 1.97. The van der Waals surface area contributed by atoms with Crippen LogP contribution in [0.15, 0.2) is 59.8 Å². The zero-order valence-electron chi connectivity index (χ0n) is 15.8. The molecule has 6 heteroatoms. The fraction of sp³-hybridized carbons (Fsp3) is 0.286. The lowest BCUT2D eigenvalue weighted by molar-refractivity contribution is -0.142. The zero-order chi connectivity index (χ0) is 19.2. The highest BCUT2D eigenvalue weighted by Crippen LogP contribution is 2.27. The van der Waals surface area contributed by atoms with E-state index in [4.69, 9.17) is 4.74 Å². The summed E-state index contributed by atoms with van der Waals surface area (Å²) in [6.07, 6.45) is 0.663. The predicted molar refractivity (Wildman–Crippen MR) is 107 cm³/mol. The van der Waals surface area contributed by atoms with Crippen molar-refractivity contribution in [3.63, 3.8) is 0 Å². The summed E-state index contributed by atoms with van der Waals surface area (Å²) in [6.45, 7) is 6.06. The minimum absolute atomic E-state index is 0.245. The fourth-order valence-corrected chi connectivity index (χ4v) is 3.65. The molecule has 0 saturated carbocycles.